The molecule has 2 N–H and O–H groups in total. The molecule has 1 aliphatic rings. The van der Waals surface area contributed by atoms with E-state index in [1.807, 2.05) is 13.8 Å². The van der Waals surface area contributed by atoms with Gasteiger partial charge in [-0.25, -0.2) is 4.98 Å². The van der Waals surface area contributed by atoms with E-state index in [0.29, 0.717) is 18.9 Å². The lowest BCUT2D eigenvalue weighted by molar-refractivity contribution is 0.292. The predicted molar refractivity (Wildman–Crippen MR) is 91.1 cm³/mol. The second kappa shape index (κ2) is 6.38. The van der Waals surface area contributed by atoms with Crippen molar-refractivity contribution in [2.24, 2.45) is 0 Å². The largest absolute Gasteiger partial charge is 0.396 e. The molecule has 0 aromatic carbocycles. The van der Waals surface area contributed by atoms with Crippen LogP contribution in [0.1, 0.15) is 49.6 Å². The normalized spacial score (nSPS) is 14.5. The van der Waals surface area contributed by atoms with Crippen molar-refractivity contribution in [3.05, 3.63) is 20.8 Å². The van der Waals surface area contributed by atoms with Gasteiger partial charge in [0.1, 0.15) is 4.83 Å². The van der Waals surface area contributed by atoms with E-state index < -0.39 is 0 Å². The van der Waals surface area contributed by atoms with Crippen molar-refractivity contribution < 1.29 is 5.11 Å². The van der Waals surface area contributed by atoms with E-state index >= 15 is 0 Å². The minimum Gasteiger partial charge on any atom is -0.396 e. The van der Waals surface area contributed by atoms with E-state index in [0.717, 1.165) is 29.5 Å². The Hall–Kier alpha value is -1.40. The highest BCUT2D eigenvalue weighted by molar-refractivity contribution is 7.18. The van der Waals surface area contributed by atoms with E-state index in [9.17, 15) is 4.79 Å². The van der Waals surface area contributed by atoms with Crippen molar-refractivity contribution >= 4 is 27.5 Å². The van der Waals surface area contributed by atoms with Gasteiger partial charge in [-0.1, -0.05) is 0 Å². The van der Waals surface area contributed by atoms with E-state index in [-0.39, 0.29) is 18.2 Å². The molecule has 0 amide bonds. The van der Waals surface area contributed by atoms with Gasteiger partial charge >= 0.3 is 0 Å². The van der Waals surface area contributed by atoms with E-state index in [1.54, 1.807) is 15.9 Å². The number of fused-ring (bicyclic) bond motifs is 3. The van der Waals surface area contributed by atoms with Crippen LogP contribution >= 0.6 is 11.3 Å². The summed E-state index contributed by atoms with van der Waals surface area (Å²) in [6.45, 7) is 4.76. The minimum absolute atomic E-state index is 0.0557. The lowest BCUT2D eigenvalue weighted by atomic mass is 9.97. The molecule has 3 rings (SSSR count). The Bertz CT molecular complexity index is 733. The lowest BCUT2D eigenvalue weighted by Crippen LogP contribution is -2.27. The van der Waals surface area contributed by atoms with Crippen molar-refractivity contribution in [2.75, 3.05) is 18.5 Å². The van der Waals surface area contributed by atoms with Crippen LogP contribution in [0.3, 0.4) is 0 Å². The van der Waals surface area contributed by atoms with Gasteiger partial charge < -0.3 is 10.4 Å². The maximum absolute atomic E-state index is 13.0. The van der Waals surface area contributed by atoms with Gasteiger partial charge in [0.25, 0.3) is 5.56 Å². The van der Waals surface area contributed by atoms with Crippen molar-refractivity contribution in [1.82, 2.24) is 9.55 Å². The summed E-state index contributed by atoms with van der Waals surface area (Å²) in [6, 6.07) is 0.0557. The van der Waals surface area contributed by atoms with Crippen LogP contribution in [0, 0.1) is 0 Å². The maximum atomic E-state index is 13.0. The Morgan fingerprint density at radius 3 is 2.86 bits per heavy atom. The van der Waals surface area contributed by atoms with Crippen molar-refractivity contribution in [3.8, 4) is 0 Å². The summed E-state index contributed by atoms with van der Waals surface area (Å²) in [5.41, 5.74) is 1.31. The van der Waals surface area contributed by atoms with Gasteiger partial charge in [-0.05, 0) is 51.5 Å². The van der Waals surface area contributed by atoms with Crippen molar-refractivity contribution in [1.29, 1.82) is 0 Å². The molecule has 0 radical (unpaired) electrons. The molecule has 0 saturated heterocycles. The number of aryl methyl sites for hydroxylation is 2. The number of nitrogens with zero attached hydrogens (tertiary/aromatic N) is 2. The summed E-state index contributed by atoms with van der Waals surface area (Å²) < 4.78 is 1.75. The highest BCUT2D eigenvalue weighted by atomic mass is 32.1. The molecule has 0 saturated carbocycles. The number of nitrogens with one attached hydrogen (secondary N) is 1. The SMILES string of the molecule is CC(C)n1c(NCCCO)nc2sc3c(c2c1=O)CCCC3. The molecular formula is C16H23N3O2S. The number of rotatable bonds is 5. The van der Waals surface area contributed by atoms with Crippen LogP contribution in [0.2, 0.25) is 0 Å². The fourth-order valence-electron chi connectivity index (χ4n) is 3.10. The number of hydrogen-bond acceptors (Lipinski definition) is 5. The number of aliphatic hydroxyl groups excluding tert-OH is 1. The second-order valence-electron chi connectivity index (χ2n) is 6.10. The fourth-order valence-corrected chi connectivity index (χ4v) is 4.35. The molecule has 0 fully saturated rings. The van der Waals surface area contributed by atoms with Gasteiger partial charge in [0.05, 0.1) is 5.39 Å². The van der Waals surface area contributed by atoms with Crippen molar-refractivity contribution in [2.45, 2.75) is 52.0 Å². The molecule has 0 aliphatic heterocycles. The van der Waals surface area contributed by atoms with Gasteiger partial charge in [0, 0.05) is 24.1 Å². The molecule has 1 aliphatic carbocycles. The first-order valence-corrected chi connectivity index (χ1v) is 8.86. The number of hydrogen-bond donors (Lipinski definition) is 2. The monoisotopic (exact) mass is 321 g/mol. The molecule has 6 heteroatoms. The summed E-state index contributed by atoms with van der Waals surface area (Å²) in [5, 5.41) is 13.0. The zero-order valence-corrected chi connectivity index (χ0v) is 14.0. The topological polar surface area (TPSA) is 67.2 Å². The highest BCUT2D eigenvalue weighted by Gasteiger charge is 2.22. The van der Waals surface area contributed by atoms with Gasteiger partial charge in [-0.2, -0.15) is 0 Å². The first-order chi connectivity index (χ1) is 10.6. The Labute approximate surface area is 134 Å². The molecule has 2 aromatic rings. The molecule has 2 aromatic heterocycles. The molecule has 0 unspecified atom stereocenters. The van der Waals surface area contributed by atoms with Crippen LogP contribution in [0.15, 0.2) is 4.79 Å². The van der Waals surface area contributed by atoms with Gasteiger partial charge in [-0.3, -0.25) is 9.36 Å². The summed E-state index contributed by atoms with van der Waals surface area (Å²) >= 11 is 1.67. The van der Waals surface area contributed by atoms with Gasteiger partial charge in [0.15, 0.2) is 0 Å². The zero-order valence-electron chi connectivity index (χ0n) is 13.2. The zero-order chi connectivity index (χ0) is 15.7. The Morgan fingerprint density at radius 1 is 1.36 bits per heavy atom. The Morgan fingerprint density at radius 2 is 2.14 bits per heavy atom. The molecule has 22 heavy (non-hydrogen) atoms. The minimum atomic E-state index is 0.0557. The molecular weight excluding hydrogens is 298 g/mol. The summed E-state index contributed by atoms with van der Waals surface area (Å²) in [7, 11) is 0. The third kappa shape index (κ3) is 2.65. The van der Waals surface area contributed by atoms with Crippen LogP contribution in [0.5, 0.6) is 0 Å². The van der Waals surface area contributed by atoms with Crippen molar-refractivity contribution in [3.63, 3.8) is 0 Å². The van der Waals surface area contributed by atoms with E-state index in [1.165, 1.54) is 16.9 Å². The smallest absolute Gasteiger partial charge is 0.264 e. The average Bonchev–Trinajstić information content (AvgIpc) is 2.85. The number of aliphatic hydroxyl groups is 1. The Kier molecular flexibility index (Phi) is 4.49. The molecule has 0 atom stereocenters. The van der Waals surface area contributed by atoms with Crippen LogP contribution in [0.25, 0.3) is 10.2 Å². The van der Waals surface area contributed by atoms with Gasteiger partial charge in [0.2, 0.25) is 5.95 Å². The summed E-state index contributed by atoms with van der Waals surface area (Å²) in [6.07, 6.45) is 5.09. The molecule has 5 nitrogen and oxygen atoms in total. The first-order valence-electron chi connectivity index (χ1n) is 8.05. The Balaban J connectivity index is 2.15. The number of aromatic nitrogens is 2. The number of anilines is 1. The maximum Gasteiger partial charge on any atom is 0.264 e. The highest BCUT2D eigenvalue weighted by Crippen LogP contribution is 2.34. The summed E-state index contributed by atoms with van der Waals surface area (Å²) in [5.74, 6) is 0.625. The molecule has 0 bridgehead atoms. The van der Waals surface area contributed by atoms with Crippen LogP contribution in [0.4, 0.5) is 5.95 Å². The second-order valence-corrected chi connectivity index (χ2v) is 7.18. The standard InChI is InChI=1S/C16H23N3O2S/c1-10(2)19-15(21)13-11-6-3-4-7-12(11)22-14(13)18-16(19)17-8-5-9-20/h10,20H,3-9H2,1-2H3,(H,17,18). The molecule has 0 spiro atoms. The fraction of sp³-hybridized carbons (Fsp3) is 0.625. The van der Waals surface area contributed by atoms with Crippen LogP contribution < -0.4 is 10.9 Å². The predicted octanol–water partition coefficient (Wildman–Crippen LogP) is 2.71. The first kappa shape index (κ1) is 15.5. The third-order valence-corrected chi connectivity index (χ3v) is 5.34. The molecule has 120 valence electrons. The quantitative estimate of drug-likeness (QED) is 0.831. The average molecular weight is 321 g/mol. The number of thiophene rings is 1. The van der Waals surface area contributed by atoms with E-state index in [2.05, 4.69) is 5.32 Å². The van der Waals surface area contributed by atoms with Gasteiger partial charge in [-0.15, -0.1) is 11.3 Å². The summed E-state index contributed by atoms with van der Waals surface area (Å²) in [4.78, 5) is 19.9. The van der Waals surface area contributed by atoms with E-state index in [4.69, 9.17) is 10.1 Å². The lowest BCUT2D eigenvalue weighted by Gasteiger charge is -2.17. The molecule has 2 heterocycles. The third-order valence-electron chi connectivity index (χ3n) is 4.16. The van der Waals surface area contributed by atoms with Crippen LogP contribution in [-0.2, 0) is 12.8 Å². The van der Waals surface area contributed by atoms with Crippen LogP contribution in [-0.4, -0.2) is 27.8 Å².